The molecule has 0 fully saturated rings. The Kier molecular flexibility index (Phi) is 6.91. The van der Waals surface area contributed by atoms with E-state index in [1.807, 2.05) is 32.0 Å². The fraction of sp³-hybridized carbons (Fsp3) is 0.412. The van der Waals surface area contributed by atoms with E-state index in [1.54, 1.807) is 7.05 Å². The summed E-state index contributed by atoms with van der Waals surface area (Å²) in [6.45, 7) is 5.62. The number of aliphatic imine (C=N–C) groups is 1. The summed E-state index contributed by atoms with van der Waals surface area (Å²) in [6.07, 6.45) is 0.885. The Morgan fingerprint density at radius 3 is 2.64 bits per heavy atom. The van der Waals surface area contributed by atoms with E-state index < -0.39 is 0 Å². The molecule has 1 aliphatic heterocycles. The molecule has 1 aromatic carbocycles. The third-order valence-electron chi connectivity index (χ3n) is 3.71. The van der Waals surface area contributed by atoms with Crippen molar-refractivity contribution >= 4 is 35.6 Å². The van der Waals surface area contributed by atoms with Crippen LogP contribution in [0, 0.1) is 13.8 Å². The molecule has 1 aliphatic rings. The van der Waals surface area contributed by atoms with Crippen LogP contribution in [-0.2, 0) is 6.54 Å². The normalized spacial score (nSPS) is 13.6. The van der Waals surface area contributed by atoms with Gasteiger partial charge in [-0.05, 0) is 26.0 Å². The van der Waals surface area contributed by atoms with Gasteiger partial charge in [-0.3, -0.25) is 4.99 Å². The first-order valence-corrected chi connectivity index (χ1v) is 7.96. The van der Waals surface area contributed by atoms with Crippen molar-refractivity contribution in [1.29, 1.82) is 0 Å². The molecular formula is C17H23IN4O3. The number of aromatic nitrogens is 1. The first kappa shape index (κ1) is 19.4. The minimum Gasteiger partial charge on any atom is -0.490 e. The number of hydrogen-bond donors (Lipinski definition) is 2. The number of rotatable bonds is 3. The summed E-state index contributed by atoms with van der Waals surface area (Å²) in [5.41, 5.74) is 1.77. The molecule has 0 atom stereocenters. The van der Waals surface area contributed by atoms with E-state index in [9.17, 15) is 0 Å². The SMILES string of the molecule is CN=C(NCc1nc(C)c(C)o1)Nc1ccc2c(c1)OCCCO2.I. The van der Waals surface area contributed by atoms with Crippen LogP contribution in [-0.4, -0.2) is 31.2 Å². The van der Waals surface area contributed by atoms with Gasteiger partial charge in [0.25, 0.3) is 0 Å². The molecule has 0 saturated heterocycles. The standard InChI is InChI=1S/C17H22N4O3.HI/c1-11-12(2)24-16(20-11)10-19-17(18-3)21-13-5-6-14-15(9-13)23-8-4-7-22-14;/h5-6,9H,4,7-8,10H2,1-3H3,(H2,18,19,21);1H. The molecule has 25 heavy (non-hydrogen) atoms. The number of fused-ring (bicyclic) bond motifs is 1. The molecule has 0 spiro atoms. The van der Waals surface area contributed by atoms with Crippen molar-refractivity contribution in [3.8, 4) is 11.5 Å². The second-order valence-electron chi connectivity index (χ2n) is 5.51. The van der Waals surface area contributed by atoms with Gasteiger partial charge in [0.15, 0.2) is 17.5 Å². The van der Waals surface area contributed by atoms with Crippen LogP contribution in [0.25, 0.3) is 0 Å². The van der Waals surface area contributed by atoms with Crippen LogP contribution in [0.4, 0.5) is 5.69 Å². The Balaban J connectivity index is 0.00000225. The number of aryl methyl sites for hydroxylation is 2. The number of guanidine groups is 1. The van der Waals surface area contributed by atoms with Gasteiger partial charge < -0.3 is 24.5 Å². The molecule has 3 rings (SSSR count). The van der Waals surface area contributed by atoms with E-state index in [-0.39, 0.29) is 24.0 Å². The van der Waals surface area contributed by atoms with Crippen molar-refractivity contribution in [2.75, 3.05) is 25.6 Å². The van der Waals surface area contributed by atoms with Gasteiger partial charge in [-0.25, -0.2) is 4.98 Å². The Bertz CT molecular complexity index is 726. The molecule has 2 aromatic rings. The van der Waals surface area contributed by atoms with Crippen molar-refractivity contribution in [3.63, 3.8) is 0 Å². The predicted molar refractivity (Wildman–Crippen MR) is 107 cm³/mol. The van der Waals surface area contributed by atoms with Gasteiger partial charge in [0, 0.05) is 25.2 Å². The first-order chi connectivity index (χ1) is 11.7. The molecule has 0 bridgehead atoms. The molecule has 0 aliphatic carbocycles. The Morgan fingerprint density at radius 1 is 1.20 bits per heavy atom. The minimum absolute atomic E-state index is 0. The number of halogens is 1. The van der Waals surface area contributed by atoms with Crippen molar-refractivity contribution in [2.45, 2.75) is 26.8 Å². The summed E-state index contributed by atoms with van der Waals surface area (Å²) in [5.74, 6) is 3.60. The van der Waals surface area contributed by atoms with Gasteiger partial charge in [0.05, 0.1) is 25.5 Å². The lowest BCUT2D eigenvalue weighted by atomic mass is 10.3. The van der Waals surface area contributed by atoms with Crippen LogP contribution in [0.5, 0.6) is 11.5 Å². The fourth-order valence-corrected chi connectivity index (χ4v) is 2.33. The van der Waals surface area contributed by atoms with Crippen LogP contribution in [0.1, 0.15) is 23.8 Å². The zero-order valence-electron chi connectivity index (χ0n) is 14.6. The molecule has 1 aromatic heterocycles. The average molecular weight is 458 g/mol. The quantitative estimate of drug-likeness (QED) is 0.418. The van der Waals surface area contributed by atoms with Gasteiger partial charge in [0.2, 0.25) is 5.89 Å². The maximum absolute atomic E-state index is 5.70. The summed E-state index contributed by atoms with van der Waals surface area (Å²) in [4.78, 5) is 8.55. The Labute approximate surface area is 164 Å². The van der Waals surface area contributed by atoms with E-state index >= 15 is 0 Å². The molecule has 2 heterocycles. The zero-order valence-corrected chi connectivity index (χ0v) is 16.9. The third-order valence-corrected chi connectivity index (χ3v) is 3.71. The molecule has 0 amide bonds. The molecule has 0 radical (unpaired) electrons. The monoisotopic (exact) mass is 458 g/mol. The summed E-state index contributed by atoms with van der Waals surface area (Å²) >= 11 is 0. The summed E-state index contributed by atoms with van der Waals surface area (Å²) < 4.78 is 16.9. The fourth-order valence-electron chi connectivity index (χ4n) is 2.33. The number of benzene rings is 1. The van der Waals surface area contributed by atoms with Crippen molar-refractivity contribution in [1.82, 2.24) is 10.3 Å². The highest BCUT2D eigenvalue weighted by Gasteiger charge is 2.12. The highest BCUT2D eigenvalue weighted by Crippen LogP contribution is 2.32. The Morgan fingerprint density at radius 2 is 1.96 bits per heavy atom. The number of anilines is 1. The minimum atomic E-state index is 0. The van der Waals surface area contributed by atoms with E-state index in [4.69, 9.17) is 13.9 Å². The molecular weight excluding hydrogens is 435 g/mol. The van der Waals surface area contributed by atoms with E-state index in [0.717, 1.165) is 35.1 Å². The van der Waals surface area contributed by atoms with Gasteiger partial charge in [-0.2, -0.15) is 0 Å². The van der Waals surface area contributed by atoms with Crippen molar-refractivity contribution in [3.05, 3.63) is 35.5 Å². The lowest BCUT2D eigenvalue weighted by Crippen LogP contribution is -2.30. The smallest absolute Gasteiger partial charge is 0.214 e. The lowest BCUT2D eigenvalue weighted by Gasteiger charge is -2.13. The number of ether oxygens (including phenoxy) is 2. The van der Waals surface area contributed by atoms with Crippen molar-refractivity contribution in [2.24, 2.45) is 4.99 Å². The molecule has 2 N–H and O–H groups in total. The summed E-state index contributed by atoms with van der Waals surface area (Å²) in [6, 6.07) is 5.74. The molecule has 0 saturated carbocycles. The maximum atomic E-state index is 5.70. The molecule has 136 valence electrons. The lowest BCUT2D eigenvalue weighted by molar-refractivity contribution is 0.297. The van der Waals surface area contributed by atoms with Gasteiger partial charge in [-0.1, -0.05) is 0 Å². The third kappa shape index (κ3) is 5.00. The second kappa shape index (κ2) is 8.93. The van der Waals surface area contributed by atoms with Crippen LogP contribution in [0.3, 0.4) is 0 Å². The molecule has 7 nitrogen and oxygen atoms in total. The predicted octanol–water partition coefficient (Wildman–Crippen LogP) is 3.26. The highest BCUT2D eigenvalue weighted by molar-refractivity contribution is 14.0. The van der Waals surface area contributed by atoms with Gasteiger partial charge in [-0.15, -0.1) is 24.0 Å². The van der Waals surface area contributed by atoms with E-state index in [2.05, 4.69) is 20.6 Å². The number of nitrogens with one attached hydrogen (secondary N) is 2. The first-order valence-electron chi connectivity index (χ1n) is 7.96. The molecule has 0 unspecified atom stereocenters. The molecule has 8 heteroatoms. The van der Waals surface area contributed by atoms with E-state index in [0.29, 0.717) is 31.6 Å². The van der Waals surface area contributed by atoms with Crippen molar-refractivity contribution < 1.29 is 13.9 Å². The average Bonchev–Trinajstić information content (AvgIpc) is 2.77. The summed E-state index contributed by atoms with van der Waals surface area (Å²) in [5, 5.41) is 6.40. The highest BCUT2D eigenvalue weighted by atomic mass is 127. The van der Waals surface area contributed by atoms with Crippen LogP contribution >= 0.6 is 24.0 Å². The van der Waals surface area contributed by atoms with Crippen LogP contribution in [0.15, 0.2) is 27.6 Å². The number of nitrogens with zero attached hydrogens (tertiary/aromatic N) is 2. The van der Waals surface area contributed by atoms with Crippen LogP contribution in [0.2, 0.25) is 0 Å². The van der Waals surface area contributed by atoms with Gasteiger partial charge in [0.1, 0.15) is 5.76 Å². The van der Waals surface area contributed by atoms with E-state index in [1.165, 1.54) is 0 Å². The Hall–Kier alpha value is -1.97. The topological polar surface area (TPSA) is 80.9 Å². The number of hydrogen-bond acceptors (Lipinski definition) is 5. The zero-order chi connectivity index (χ0) is 16.9. The van der Waals surface area contributed by atoms with Crippen LogP contribution < -0.4 is 20.1 Å². The number of oxazole rings is 1. The maximum Gasteiger partial charge on any atom is 0.214 e. The second-order valence-corrected chi connectivity index (χ2v) is 5.51. The van der Waals surface area contributed by atoms with Gasteiger partial charge >= 0.3 is 0 Å². The largest absolute Gasteiger partial charge is 0.490 e. The summed E-state index contributed by atoms with van der Waals surface area (Å²) in [7, 11) is 1.71.